The van der Waals surface area contributed by atoms with Gasteiger partial charge >= 0.3 is 17.9 Å². The van der Waals surface area contributed by atoms with Crippen LogP contribution in [0.5, 0.6) is 0 Å². The van der Waals surface area contributed by atoms with Crippen molar-refractivity contribution in [1.29, 1.82) is 0 Å². The molecule has 0 spiro atoms. The summed E-state index contributed by atoms with van der Waals surface area (Å²) in [5.74, 6) is -0.859. The Morgan fingerprint density at radius 1 is 0.263 bits per heavy atom. The van der Waals surface area contributed by atoms with E-state index >= 15 is 0 Å². The van der Waals surface area contributed by atoms with Crippen LogP contribution < -0.4 is 0 Å². The van der Waals surface area contributed by atoms with E-state index in [1.54, 1.807) is 0 Å². The number of hydrogen-bond acceptors (Lipinski definition) is 6. The fraction of sp³-hybridized carbons (Fsp3) is 0.797. The molecule has 0 rings (SSSR count). The van der Waals surface area contributed by atoms with Crippen molar-refractivity contribution in [2.75, 3.05) is 13.2 Å². The average Bonchev–Trinajstić information content (AvgIpc) is 3.46. The Balaban J connectivity index is 4.29. The van der Waals surface area contributed by atoms with Gasteiger partial charge in [0.05, 0.1) is 0 Å². The lowest BCUT2D eigenvalue weighted by Crippen LogP contribution is -2.30. The molecule has 0 aromatic carbocycles. The van der Waals surface area contributed by atoms with Crippen molar-refractivity contribution in [3.63, 3.8) is 0 Å². The predicted molar refractivity (Wildman–Crippen MR) is 348 cm³/mol. The van der Waals surface area contributed by atoms with Crippen LogP contribution in [0.4, 0.5) is 0 Å². The summed E-state index contributed by atoms with van der Waals surface area (Å²) in [6, 6.07) is 0. The summed E-state index contributed by atoms with van der Waals surface area (Å²) in [6.07, 6.45) is 89.2. The summed E-state index contributed by atoms with van der Waals surface area (Å²) >= 11 is 0. The monoisotopic (exact) mass is 1120 g/mol. The molecule has 464 valence electrons. The van der Waals surface area contributed by atoms with E-state index in [1.807, 2.05) is 0 Å². The number of carbonyl (C=O) groups is 3. The second-order valence-corrected chi connectivity index (χ2v) is 23.4. The highest BCUT2D eigenvalue weighted by molar-refractivity contribution is 5.71. The van der Waals surface area contributed by atoms with Crippen LogP contribution in [0.2, 0.25) is 0 Å². The maximum Gasteiger partial charge on any atom is 0.306 e. The van der Waals surface area contributed by atoms with Crippen molar-refractivity contribution in [3.05, 3.63) is 72.9 Å². The van der Waals surface area contributed by atoms with E-state index in [0.717, 1.165) is 96.3 Å². The molecular formula is C74H132O6. The van der Waals surface area contributed by atoms with Crippen molar-refractivity contribution in [1.82, 2.24) is 0 Å². The van der Waals surface area contributed by atoms with Crippen LogP contribution >= 0.6 is 0 Å². The predicted octanol–water partition coefficient (Wildman–Crippen LogP) is 24.1. The third kappa shape index (κ3) is 65.7. The Labute approximate surface area is 497 Å². The number of rotatable bonds is 64. The zero-order valence-corrected chi connectivity index (χ0v) is 53.3. The molecule has 0 aromatic heterocycles. The summed E-state index contributed by atoms with van der Waals surface area (Å²) in [6.45, 7) is 6.56. The highest BCUT2D eigenvalue weighted by Crippen LogP contribution is 2.18. The van der Waals surface area contributed by atoms with E-state index < -0.39 is 6.10 Å². The van der Waals surface area contributed by atoms with Crippen LogP contribution in [0.3, 0.4) is 0 Å². The molecule has 0 aliphatic heterocycles. The molecule has 1 unspecified atom stereocenters. The van der Waals surface area contributed by atoms with Gasteiger partial charge in [0.15, 0.2) is 6.10 Å². The molecule has 6 nitrogen and oxygen atoms in total. The molecule has 0 aliphatic carbocycles. The topological polar surface area (TPSA) is 78.9 Å². The van der Waals surface area contributed by atoms with Crippen LogP contribution in [-0.4, -0.2) is 37.2 Å². The van der Waals surface area contributed by atoms with Gasteiger partial charge in [0.25, 0.3) is 0 Å². The molecule has 0 radical (unpaired) electrons. The molecule has 0 saturated heterocycles. The van der Waals surface area contributed by atoms with E-state index in [-0.39, 0.29) is 31.1 Å². The smallest absolute Gasteiger partial charge is 0.306 e. The summed E-state index contributed by atoms with van der Waals surface area (Å²) in [7, 11) is 0. The first-order valence-electron chi connectivity index (χ1n) is 34.9. The van der Waals surface area contributed by atoms with Crippen LogP contribution in [0.25, 0.3) is 0 Å². The van der Waals surface area contributed by atoms with Gasteiger partial charge in [-0.25, -0.2) is 0 Å². The number of carbonyl (C=O) groups excluding carboxylic acids is 3. The highest BCUT2D eigenvalue weighted by atomic mass is 16.6. The van der Waals surface area contributed by atoms with Crippen molar-refractivity contribution in [2.45, 2.75) is 367 Å². The molecular weight excluding hydrogens is 985 g/mol. The summed E-state index contributed by atoms with van der Waals surface area (Å²) in [5, 5.41) is 0. The minimum atomic E-state index is -0.779. The van der Waals surface area contributed by atoms with Gasteiger partial charge in [-0.2, -0.15) is 0 Å². The molecule has 0 amide bonds. The van der Waals surface area contributed by atoms with Crippen molar-refractivity contribution in [3.8, 4) is 0 Å². The van der Waals surface area contributed by atoms with Gasteiger partial charge < -0.3 is 14.2 Å². The molecule has 0 aromatic rings. The Morgan fingerprint density at radius 2 is 0.487 bits per heavy atom. The first-order valence-corrected chi connectivity index (χ1v) is 34.9. The number of hydrogen-bond donors (Lipinski definition) is 0. The van der Waals surface area contributed by atoms with E-state index in [1.165, 1.54) is 225 Å². The lowest BCUT2D eigenvalue weighted by Gasteiger charge is -2.18. The zero-order valence-electron chi connectivity index (χ0n) is 53.3. The lowest BCUT2D eigenvalue weighted by atomic mass is 10.0. The number of unbranched alkanes of at least 4 members (excludes halogenated alkanes) is 41. The number of ether oxygens (including phenoxy) is 3. The van der Waals surface area contributed by atoms with Gasteiger partial charge in [0, 0.05) is 19.3 Å². The largest absolute Gasteiger partial charge is 0.462 e. The Bertz CT molecular complexity index is 1470. The van der Waals surface area contributed by atoms with Gasteiger partial charge in [0.2, 0.25) is 0 Å². The van der Waals surface area contributed by atoms with Crippen molar-refractivity contribution >= 4 is 17.9 Å². The van der Waals surface area contributed by atoms with Crippen LogP contribution in [0.15, 0.2) is 72.9 Å². The van der Waals surface area contributed by atoms with Crippen LogP contribution in [-0.2, 0) is 28.6 Å². The molecule has 0 N–H and O–H groups in total. The maximum absolute atomic E-state index is 12.9. The summed E-state index contributed by atoms with van der Waals surface area (Å²) in [5.41, 5.74) is 0. The Morgan fingerprint density at radius 3 is 0.775 bits per heavy atom. The van der Waals surface area contributed by atoms with E-state index in [9.17, 15) is 14.4 Å². The van der Waals surface area contributed by atoms with E-state index in [0.29, 0.717) is 19.3 Å². The third-order valence-electron chi connectivity index (χ3n) is 15.4. The molecule has 6 heteroatoms. The molecule has 0 fully saturated rings. The minimum absolute atomic E-state index is 0.0738. The van der Waals surface area contributed by atoms with Gasteiger partial charge in [-0.1, -0.05) is 325 Å². The molecule has 80 heavy (non-hydrogen) atoms. The zero-order chi connectivity index (χ0) is 57.8. The number of esters is 3. The van der Waals surface area contributed by atoms with E-state index in [2.05, 4.69) is 93.7 Å². The van der Waals surface area contributed by atoms with Crippen molar-refractivity contribution < 1.29 is 28.6 Å². The summed E-state index contributed by atoms with van der Waals surface area (Å²) < 4.78 is 17.0. The fourth-order valence-corrected chi connectivity index (χ4v) is 10.2. The Kier molecular flexibility index (Phi) is 65.7. The molecule has 0 aliphatic rings. The fourth-order valence-electron chi connectivity index (χ4n) is 10.2. The molecule has 0 bridgehead atoms. The standard InChI is InChI=1S/C74H132O6/c1-4-7-10-13-16-19-22-25-28-31-33-34-35-36-37-38-39-40-41-44-46-49-52-55-58-61-64-67-73(76)79-70-71(69-78-72(75)66-63-60-57-54-51-48-45-42-30-27-24-21-18-15-12-9-6-3)80-74(77)68-65-62-59-56-53-50-47-43-32-29-26-23-20-17-14-11-8-5-2/h7,10,16,19-20,23,25,28-29,32-34,71H,4-6,8-9,11-15,17-18,21-22,24,26-27,30-31,35-70H2,1-3H3/b10-7-,19-16-,23-20-,28-25-,32-29-,34-33-. The molecule has 0 heterocycles. The normalized spacial score (nSPS) is 12.5. The third-order valence-corrected chi connectivity index (χ3v) is 15.4. The van der Waals surface area contributed by atoms with Gasteiger partial charge in [-0.05, 0) is 89.9 Å². The quantitative estimate of drug-likeness (QED) is 0.0261. The molecule has 1 atom stereocenters. The highest BCUT2D eigenvalue weighted by Gasteiger charge is 2.19. The van der Waals surface area contributed by atoms with Gasteiger partial charge in [-0.15, -0.1) is 0 Å². The first-order chi connectivity index (χ1) is 39.5. The van der Waals surface area contributed by atoms with Crippen LogP contribution in [0.1, 0.15) is 361 Å². The summed E-state index contributed by atoms with van der Waals surface area (Å²) in [4.78, 5) is 38.5. The second kappa shape index (κ2) is 68.3. The number of allylic oxidation sites excluding steroid dienone is 12. The first kappa shape index (κ1) is 76.9. The lowest BCUT2D eigenvalue weighted by molar-refractivity contribution is -0.167. The van der Waals surface area contributed by atoms with E-state index in [4.69, 9.17) is 14.2 Å². The van der Waals surface area contributed by atoms with Gasteiger partial charge in [0.1, 0.15) is 13.2 Å². The average molecular weight is 1120 g/mol. The molecule has 0 saturated carbocycles. The maximum atomic E-state index is 12.9. The van der Waals surface area contributed by atoms with Crippen LogP contribution in [0, 0.1) is 0 Å². The van der Waals surface area contributed by atoms with Gasteiger partial charge in [-0.3, -0.25) is 14.4 Å². The minimum Gasteiger partial charge on any atom is -0.462 e. The van der Waals surface area contributed by atoms with Crippen molar-refractivity contribution in [2.24, 2.45) is 0 Å². The second-order valence-electron chi connectivity index (χ2n) is 23.4. The SMILES string of the molecule is CC/C=C\C/C=C\C/C=C\C/C=C\CCCCCCCCCCCCCCCCC(=O)OCC(COC(=O)CCCCCCCCCCCCCCCCCCC)OC(=O)CCCCCCCCC/C=C\C/C=C\CCCCCC. The Hall–Kier alpha value is -3.15.